The van der Waals surface area contributed by atoms with Crippen LogP contribution in [0.1, 0.15) is 22.8 Å². The maximum absolute atomic E-state index is 11.9. The summed E-state index contributed by atoms with van der Waals surface area (Å²) in [5, 5.41) is 16.0. The van der Waals surface area contributed by atoms with Gasteiger partial charge in [-0.05, 0) is 29.3 Å². The molecule has 0 spiro atoms. The fourth-order valence-corrected chi connectivity index (χ4v) is 2.73. The molecular formula is C17H17ClN2O3. The Morgan fingerprint density at radius 1 is 1.22 bits per heavy atom. The highest BCUT2D eigenvalue weighted by atomic mass is 35.5. The second-order valence-electron chi connectivity index (χ2n) is 5.35. The Morgan fingerprint density at radius 2 is 2.00 bits per heavy atom. The van der Waals surface area contributed by atoms with Gasteiger partial charge in [0.2, 0.25) is 0 Å². The molecule has 3 rings (SSSR count). The highest BCUT2D eigenvalue weighted by molar-refractivity contribution is 6.31. The Bertz CT molecular complexity index is 721. The zero-order valence-corrected chi connectivity index (χ0v) is 13.1. The quantitative estimate of drug-likeness (QED) is 0.805. The van der Waals surface area contributed by atoms with Crippen molar-refractivity contribution >= 4 is 23.3 Å². The Kier molecular flexibility index (Phi) is 4.81. The van der Waals surface area contributed by atoms with Gasteiger partial charge >= 0.3 is 6.03 Å². The first kappa shape index (κ1) is 15.8. The van der Waals surface area contributed by atoms with Crippen molar-refractivity contribution in [2.45, 2.75) is 19.3 Å². The lowest BCUT2D eigenvalue weighted by Gasteiger charge is -2.14. The molecule has 23 heavy (non-hydrogen) atoms. The normalized spacial score (nSPS) is 14.2. The van der Waals surface area contributed by atoms with Gasteiger partial charge in [0.25, 0.3) is 0 Å². The molecule has 0 aromatic heterocycles. The number of carbonyl (C=O) groups is 1. The predicted molar refractivity (Wildman–Crippen MR) is 88.4 cm³/mol. The lowest BCUT2D eigenvalue weighted by molar-refractivity contribution is 0.134. The van der Waals surface area contributed by atoms with Gasteiger partial charge in [0, 0.05) is 22.8 Å². The third-order valence-electron chi connectivity index (χ3n) is 3.70. The van der Waals surface area contributed by atoms with E-state index in [1.165, 1.54) is 0 Å². The molecule has 5 nitrogen and oxygen atoms in total. The molecule has 0 saturated heterocycles. The van der Waals surface area contributed by atoms with E-state index in [-0.39, 0.29) is 12.6 Å². The number of urea groups is 1. The second kappa shape index (κ2) is 7.00. The number of hydrogen-bond acceptors (Lipinski definition) is 3. The van der Waals surface area contributed by atoms with Crippen molar-refractivity contribution in [3.63, 3.8) is 0 Å². The van der Waals surface area contributed by atoms with Crippen LogP contribution in [-0.2, 0) is 18.0 Å². The van der Waals surface area contributed by atoms with Crippen LogP contribution in [0.25, 0.3) is 0 Å². The number of benzene rings is 2. The Morgan fingerprint density at radius 3 is 2.83 bits per heavy atom. The fraction of sp³-hybridized carbons (Fsp3) is 0.235. The van der Waals surface area contributed by atoms with Crippen molar-refractivity contribution in [1.82, 2.24) is 5.32 Å². The lowest BCUT2D eigenvalue weighted by atomic mass is 10.1. The molecule has 0 fully saturated rings. The number of aliphatic hydroxyl groups excluding tert-OH is 1. The van der Waals surface area contributed by atoms with E-state index in [4.69, 9.17) is 16.3 Å². The largest absolute Gasteiger partial charge is 0.387 e. The van der Waals surface area contributed by atoms with Gasteiger partial charge < -0.3 is 20.5 Å². The highest BCUT2D eigenvalue weighted by Gasteiger charge is 2.14. The fourth-order valence-electron chi connectivity index (χ4n) is 2.47. The summed E-state index contributed by atoms with van der Waals surface area (Å²) in [5.74, 6) is 0. The molecule has 0 aliphatic carbocycles. The number of hydrogen-bond donors (Lipinski definition) is 3. The van der Waals surface area contributed by atoms with Crippen LogP contribution in [0.5, 0.6) is 0 Å². The summed E-state index contributed by atoms with van der Waals surface area (Å²) in [7, 11) is 0. The number of fused-ring (bicyclic) bond motifs is 1. The van der Waals surface area contributed by atoms with Gasteiger partial charge in [0.15, 0.2) is 0 Å². The van der Waals surface area contributed by atoms with Crippen LogP contribution in [0.15, 0.2) is 42.5 Å². The zero-order chi connectivity index (χ0) is 16.2. The summed E-state index contributed by atoms with van der Waals surface area (Å²) in [6, 6.07) is 12.3. The summed E-state index contributed by atoms with van der Waals surface area (Å²) in [5.41, 5.74) is 3.51. The molecular weight excluding hydrogens is 316 g/mol. The zero-order valence-electron chi connectivity index (χ0n) is 12.4. The van der Waals surface area contributed by atoms with Crippen molar-refractivity contribution in [3.05, 3.63) is 64.2 Å². The molecule has 3 N–H and O–H groups in total. The molecule has 0 bridgehead atoms. The average Bonchev–Trinajstić information content (AvgIpc) is 3.01. The maximum atomic E-state index is 11.9. The van der Waals surface area contributed by atoms with Gasteiger partial charge in [-0.1, -0.05) is 35.9 Å². The molecule has 2 aromatic rings. The van der Waals surface area contributed by atoms with Gasteiger partial charge in [0.1, 0.15) is 0 Å². The smallest absolute Gasteiger partial charge is 0.319 e. The number of anilines is 1. The Balaban J connectivity index is 1.54. The van der Waals surface area contributed by atoms with E-state index in [0.717, 1.165) is 11.1 Å². The molecule has 1 atom stereocenters. The lowest BCUT2D eigenvalue weighted by Crippen LogP contribution is -2.32. The molecule has 6 heteroatoms. The molecule has 120 valence electrons. The molecule has 0 radical (unpaired) electrons. The molecule has 1 unspecified atom stereocenters. The molecule has 1 aliphatic rings. The minimum atomic E-state index is -0.858. The minimum Gasteiger partial charge on any atom is -0.387 e. The van der Waals surface area contributed by atoms with Gasteiger partial charge in [-0.3, -0.25) is 0 Å². The van der Waals surface area contributed by atoms with Crippen LogP contribution >= 0.6 is 11.6 Å². The first-order valence-electron chi connectivity index (χ1n) is 7.30. The van der Waals surface area contributed by atoms with Crippen molar-refractivity contribution in [2.75, 3.05) is 11.9 Å². The van der Waals surface area contributed by atoms with Gasteiger partial charge in [-0.2, -0.15) is 0 Å². The molecule has 2 aromatic carbocycles. The maximum Gasteiger partial charge on any atom is 0.319 e. The summed E-state index contributed by atoms with van der Waals surface area (Å²) >= 11 is 6.02. The van der Waals surface area contributed by atoms with Gasteiger partial charge in [-0.25, -0.2) is 4.79 Å². The van der Waals surface area contributed by atoms with Gasteiger partial charge in [0.05, 0.1) is 19.3 Å². The van der Waals surface area contributed by atoms with Crippen molar-refractivity contribution in [2.24, 2.45) is 0 Å². The van der Waals surface area contributed by atoms with E-state index >= 15 is 0 Å². The second-order valence-corrected chi connectivity index (χ2v) is 5.76. The predicted octanol–water partition coefficient (Wildman–Crippen LogP) is 3.23. The minimum absolute atomic E-state index is 0.0730. The Hall–Kier alpha value is -2.08. The summed E-state index contributed by atoms with van der Waals surface area (Å²) in [6.45, 7) is 1.26. The summed E-state index contributed by atoms with van der Waals surface area (Å²) < 4.78 is 5.34. The number of halogens is 1. The molecule has 0 saturated carbocycles. The van der Waals surface area contributed by atoms with E-state index in [1.54, 1.807) is 24.3 Å². The SMILES string of the molecule is O=C(NCC(O)c1ccccc1Cl)Nc1ccc2c(c1)COC2. The van der Waals surface area contributed by atoms with Crippen LogP contribution in [0.2, 0.25) is 5.02 Å². The van der Waals surface area contributed by atoms with Crippen molar-refractivity contribution in [3.8, 4) is 0 Å². The summed E-state index contributed by atoms with van der Waals surface area (Å²) in [6.07, 6.45) is -0.858. The van der Waals surface area contributed by atoms with Crippen LogP contribution in [0, 0.1) is 0 Å². The van der Waals surface area contributed by atoms with Crippen LogP contribution in [0.3, 0.4) is 0 Å². The first-order valence-corrected chi connectivity index (χ1v) is 7.68. The van der Waals surface area contributed by atoms with E-state index in [2.05, 4.69) is 10.6 Å². The van der Waals surface area contributed by atoms with Crippen molar-refractivity contribution in [1.29, 1.82) is 0 Å². The Labute approximate surface area is 139 Å². The third kappa shape index (κ3) is 3.82. The number of nitrogens with one attached hydrogen (secondary N) is 2. The first-order chi connectivity index (χ1) is 11.1. The monoisotopic (exact) mass is 332 g/mol. The van der Waals surface area contributed by atoms with E-state index in [9.17, 15) is 9.90 Å². The van der Waals surface area contributed by atoms with Gasteiger partial charge in [-0.15, -0.1) is 0 Å². The van der Waals surface area contributed by atoms with E-state index in [1.807, 2.05) is 18.2 Å². The standard InChI is InChI=1S/C17H17ClN2O3/c18-15-4-2-1-3-14(15)16(21)8-19-17(22)20-13-6-5-11-9-23-10-12(11)7-13/h1-7,16,21H,8-10H2,(H2,19,20,22). The third-order valence-corrected chi connectivity index (χ3v) is 4.04. The number of aliphatic hydroxyl groups is 1. The highest BCUT2D eigenvalue weighted by Crippen LogP contribution is 2.23. The van der Waals surface area contributed by atoms with E-state index < -0.39 is 6.10 Å². The number of carbonyl (C=O) groups excluding carboxylic acids is 1. The summed E-state index contributed by atoms with van der Waals surface area (Å²) in [4.78, 5) is 11.9. The van der Waals surface area contributed by atoms with Crippen molar-refractivity contribution < 1.29 is 14.6 Å². The molecule has 1 heterocycles. The number of ether oxygens (including phenoxy) is 1. The average molecular weight is 333 g/mol. The van der Waals surface area contributed by atoms with Crippen LogP contribution in [0.4, 0.5) is 10.5 Å². The topological polar surface area (TPSA) is 70.6 Å². The molecule has 2 amide bonds. The van der Waals surface area contributed by atoms with Crippen LogP contribution < -0.4 is 10.6 Å². The number of amides is 2. The number of rotatable bonds is 4. The van der Waals surface area contributed by atoms with Crippen LogP contribution in [-0.4, -0.2) is 17.7 Å². The molecule has 1 aliphatic heterocycles. The van der Waals surface area contributed by atoms with E-state index in [0.29, 0.717) is 29.5 Å².